The lowest BCUT2D eigenvalue weighted by molar-refractivity contribution is -0.120. The molecule has 1 atom stereocenters. The van der Waals surface area contributed by atoms with Gasteiger partial charge in [0.05, 0.1) is 0 Å². The molecule has 2 nitrogen and oxygen atoms in total. The van der Waals surface area contributed by atoms with Crippen LogP contribution in [0.2, 0.25) is 0 Å². The van der Waals surface area contributed by atoms with Gasteiger partial charge in [0.15, 0.2) is 0 Å². The van der Waals surface area contributed by atoms with Crippen LogP contribution in [0.5, 0.6) is 0 Å². The second kappa shape index (κ2) is 6.18. The maximum Gasteiger partial charge on any atom is 0.133 e. The van der Waals surface area contributed by atoms with Crippen LogP contribution in [0.4, 0.5) is 0 Å². The molecule has 0 amide bonds. The summed E-state index contributed by atoms with van der Waals surface area (Å²) in [6.07, 6.45) is 5.24. The number of hydrogen-bond donors (Lipinski definition) is 1. The first-order valence-electron chi connectivity index (χ1n) is 5.91. The quantitative estimate of drug-likeness (QED) is 0.749. The molecule has 0 aromatic rings. The molecule has 1 unspecified atom stereocenters. The molecule has 1 N–H and O–H groups in total. The Balaban J connectivity index is 2.23. The number of Topliss-reactive ketones (excluding diaryl/α,β-unsaturated/α-hetero) is 1. The summed E-state index contributed by atoms with van der Waals surface area (Å²) in [6, 6.07) is 0. The van der Waals surface area contributed by atoms with Crippen LogP contribution in [0, 0.1) is 11.8 Å². The summed E-state index contributed by atoms with van der Waals surface area (Å²) in [5, 5.41) is 3.38. The predicted molar refractivity (Wildman–Crippen MR) is 59.3 cm³/mol. The third-order valence-corrected chi connectivity index (χ3v) is 2.85. The zero-order valence-electron chi connectivity index (χ0n) is 9.51. The minimum atomic E-state index is 0.465. The van der Waals surface area contributed by atoms with Crippen LogP contribution in [-0.2, 0) is 4.79 Å². The third-order valence-electron chi connectivity index (χ3n) is 2.85. The fourth-order valence-electron chi connectivity index (χ4n) is 2.16. The van der Waals surface area contributed by atoms with Crippen molar-refractivity contribution in [2.45, 2.75) is 46.0 Å². The number of rotatable bonds is 4. The summed E-state index contributed by atoms with van der Waals surface area (Å²) in [6.45, 7) is 6.47. The average molecular weight is 197 g/mol. The first-order chi connectivity index (χ1) is 6.68. The maximum atomic E-state index is 11.6. The summed E-state index contributed by atoms with van der Waals surface area (Å²) >= 11 is 0. The first-order valence-corrected chi connectivity index (χ1v) is 5.91. The summed E-state index contributed by atoms with van der Waals surface area (Å²) in [7, 11) is 0. The molecule has 2 heteroatoms. The minimum absolute atomic E-state index is 0.465. The third kappa shape index (κ3) is 4.75. The van der Waals surface area contributed by atoms with Crippen molar-refractivity contribution < 1.29 is 4.79 Å². The molecule has 1 aliphatic rings. The summed E-state index contributed by atoms with van der Waals surface area (Å²) in [4.78, 5) is 11.6. The highest BCUT2D eigenvalue weighted by Gasteiger charge is 2.16. The van der Waals surface area contributed by atoms with Gasteiger partial charge in [0.1, 0.15) is 5.78 Å². The number of nitrogens with one attached hydrogen (secondary N) is 1. The van der Waals surface area contributed by atoms with E-state index in [0.29, 0.717) is 17.6 Å². The molecule has 1 rings (SSSR count). The molecule has 1 heterocycles. The topological polar surface area (TPSA) is 29.1 Å². The first kappa shape index (κ1) is 11.7. The maximum absolute atomic E-state index is 11.6. The van der Waals surface area contributed by atoms with Gasteiger partial charge in [-0.1, -0.05) is 13.8 Å². The Morgan fingerprint density at radius 2 is 2.14 bits per heavy atom. The Hall–Kier alpha value is -0.370. The van der Waals surface area contributed by atoms with E-state index in [4.69, 9.17) is 0 Å². The Morgan fingerprint density at radius 3 is 2.86 bits per heavy atom. The highest BCUT2D eigenvalue weighted by molar-refractivity contribution is 5.78. The van der Waals surface area contributed by atoms with Gasteiger partial charge >= 0.3 is 0 Å². The highest BCUT2D eigenvalue weighted by Crippen LogP contribution is 2.19. The minimum Gasteiger partial charge on any atom is -0.317 e. The molecule has 0 aromatic heterocycles. The molecule has 0 saturated carbocycles. The van der Waals surface area contributed by atoms with E-state index in [1.54, 1.807) is 0 Å². The molecule has 82 valence electrons. The van der Waals surface area contributed by atoms with E-state index < -0.39 is 0 Å². The molecule has 0 aromatic carbocycles. The van der Waals surface area contributed by atoms with E-state index in [-0.39, 0.29) is 0 Å². The van der Waals surface area contributed by atoms with Gasteiger partial charge in [0, 0.05) is 12.8 Å². The molecular weight excluding hydrogens is 174 g/mol. The Morgan fingerprint density at radius 1 is 1.36 bits per heavy atom. The van der Waals surface area contributed by atoms with Crippen LogP contribution in [0.15, 0.2) is 0 Å². The van der Waals surface area contributed by atoms with Crippen LogP contribution < -0.4 is 5.32 Å². The Labute approximate surface area is 87.5 Å². The summed E-state index contributed by atoms with van der Waals surface area (Å²) < 4.78 is 0. The summed E-state index contributed by atoms with van der Waals surface area (Å²) in [5.41, 5.74) is 0. The van der Waals surface area contributed by atoms with Crippen molar-refractivity contribution in [1.29, 1.82) is 0 Å². The number of hydrogen-bond acceptors (Lipinski definition) is 2. The van der Waals surface area contributed by atoms with E-state index in [0.717, 1.165) is 25.9 Å². The number of ketones is 1. The van der Waals surface area contributed by atoms with Gasteiger partial charge in [-0.2, -0.15) is 0 Å². The molecule has 0 bridgehead atoms. The van der Waals surface area contributed by atoms with Gasteiger partial charge in [0.25, 0.3) is 0 Å². The van der Waals surface area contributed by atoms with E-state index in [9.17, 15) is 4.79 Å². The van der Waals surface area contributed by atoms with Gasteiger partial charge in [0.2, 0.25) is 0 Å². The second-order valence-corrected chi connectivity index (χ2v) is 4.89. The van der Waals surface area contributed by atoms with Crippen molar-refractivity contribution in [1.82, 2.24) is 5.32 Å². The van der Waals surface area contributed by atoms with Gasteiger partial charge < -0.3 is 5.32 Å². The zero-order valence-corrected chi connectivity index (χ0v) is 9.51. The van der Waals surface area contributed by atoms with Crippen molar-refractivity contribution >= 4 is 5.78 Å². The summed E-state index contributed by atoms with van der Waals surface area (Å²) in [5.74, 6) is 1.63. The number of carbonyl (C=O) groups excluding carboxylic acids is 1. The molecular formula is C12H23NO. The van der Waals surface area contributed by atoms with Gasteiger partial charge in [-0.3, -0.25) is 4.79 Å². The Bertz CT molecular complexity index is 169. The van der Waals surface area contributed by atoms with E-state index in [1.165, 1.54) is 19.3 Å². The lowest BCUT2D eigenvalue weighted by atomic mass is 9.92. The van der Waals surface area contributed by atoms with Crippen molar-refractivity contribution in [3.63, 3.8) is 0 Å². The van der Waals surface area contributed by atoms with Gasteiger partial charge in [-0.15, -0.1) is 0 Å². The largest absolute Gasteiger partial charge is 0.317 e. The van der Waals surface area contributed by atoms with Gasteiger partial charge in [-0.05, 0) is 44.2 Å². The molecule has 14 heavy (non-hydrogen) atoms. The SMILES string of the molecule is CC(C)CC(=O)CC1CCCNCC1. The van der Waals surface area contributed by atoms with Crippen LogP contribution in [-0.4, -0.2) is 18.9 Å². The highest BCUT2D eigenvalue weighted by atomic mass is 16.1. The normalized spacial score (nSPS) is 23.5. The van der Waals surface area contributed by atoms with Crippen LogP contribution >= 0.6 is 0 Å². The van der Waals surface area contributed by atoms with Gasteiger partial charge in [-0.25, -0.2) is 0 Å². The molecule has 1 saturated heterocycles. The van der Waals surface area contributed by atoms with E-state index in [1.807, 2.05) is 0 Å². The molecule has 0 radical (unpaired) electrons. The predicted octanol–water partition coefficient (Wildman–Crippen LogP) is 2.38. The van der Waals surface area contributed by atoms with E-state index >= 15 is 0 Å². The average Bonchev–Trinajstić information content (AvgIpc) is 2.31. The smallest absolute Gasteiger partial charge is 0.133 e. The lowest BCUT2D eigenvalue weighted by Crippen LogP contribution is -2.15. The van der Waals surface area contributed by atoms with Crippen LogP contribution in [0.25, 0.3) is 0 Å². The fourth-order valence-corrected chi connectivity index (χ4v) is 2.16. The molecule has 0 aliphatic carbocycles. The van der Waals surface area contributed by atoms with Crippen molar-refractivity contribution in [2.75, 3.05) is 13.1 Å². The molecule has 0 spiro atoms. The van der Waals surface area contributed by atoms with Crippen LogP contribution in [0.1, 0.15) is 46.0 Å². The van der Waals surface area contributed by atoms with E-state index in [2.05, 4.69) is 19.2 Å². The van der Waals surface area contributed by atoms with Crippen molar-refractivity contribution in [3.05, 3.63) is 0 Å². The van der Waals surface area contributed by atoms with Crippen molar-refractivity contribution in [3.8, 4) is 0 Å². The zero-order chi connectivity index (χ0) is 10.4. The molecule has 1 aliphatic heterocycles. The monoisotopic (exact) mass is 197 g/mol. The lowest BCUT2D eigenvalue weighted by Gasteiger charge is -2.13. The second-order valence-electron chi connectivity index (χ2n) is 4.89. The van der Waals surface area contributed by atoms with Crippen LogP contribution in [0.3, 0.4) is 0 Å². The fraction of sp³-hybridized carbons (Fsp3) is 0.917. The standard InChI is InChI=1S/C12H23NO/c1-10(2)8-12(14)9-11-4-3-6-13-7-5-11/h10-11,13H,3-9H2,1-2H3. The number of carbonyl (C=O) groups is 1. The Kier molecular flexibility index (Phi) is 5.16. The van der Waals surface area contributed by atoms with Crippen molar-refractivity contribution in [2.24, 2.45) is 11.8 Å². The molecule has 1 fully saturated rings.